The molecular weight excluding hydrogens is 304 g/mol. The SMILES string of the molecule is CCOCC(O)COc1c(Br)cccc1C(=O)O. The first-order valence-corrected chi connectivity index (χ1v) is 6.26. The van der Waals surface area contributed by atoms with Gasteiger partial charge in [-0.1, -0.05) is 6.07 Å². The number of rotatable bonds is 7. The predicted molar refractivity (Wildman–Crippen MR) is 69.1 cm³/mol. The minimum Gasteiger partial charge on any atom is -0.489 e. The van der Waals surface area contributed by atoms with E-state index in [1.807, 2.05) is 6.92 Å². The highest BCUT2D eigenvalue weighted by Gasteiger charge is 2.15. The van der Waals surface area contributed by atoms with Gasteiger partial charge in [-0.15, -0.1) is 0 Å². The van der Waals surface area contributed by atoms with Gasteiger partial charge in [0.1, 0.15) is 24.0 Å². The van der Waals surface area contributed by atoms with Gasteiger partial charge in [-0.3, -0.25) is 0 Å². The molecule has 5 nitrogen and oxygen atoms in total. The van der Waals surface area contributed by atoms with Crippen LogP contribution in [0, 0.1) is 0 Å². The molecule has 0 amide bonds. The summed E-state index contributed by atoms with van der Waals surface area (Å²) in [6, 6.07) is 4.73. The fourth-order valence-corrected chi connectivity index (χ4v) is 1.79. The fraction of sp³-hybridized carbons (Fsp3) is 0.417. The van der Waals surface area contributed by atoms with Crippen molar-refractivity contribution in [2.45, 2.75) is 13.0 Å². The van der Waals surface area contributed by atoms with Gasteiger partial charge in [0, 0.05) is 6.61 Å². The second-order valence-corrected chi connectivity index (χ2v) is 4.40. The maximum absolute atomic E-state index is 11.0. The zero-order chi connectivity index (χ0) is 13.5. The summed E-state index contributed by atoms with van der Waals surface area (Å²) in [6.07, 6.45) is -0.793. The van der Waals surface area contributed by atoms with Gasteiger partial charge in [0.25, 0.3) is 0 Å². The van der Waals surface area contributed by atoms with E-state index in [0.717, 1.165) is 0 Å². The highest BCUT2D eigenvalue weighted by Crippen LogP contribution is 2.29. The van der Waals surface area contributed by atoms with Crippen LogP contribution in [0.15, 0.2) is 22.7 Å². The predicted octanol–water partition coefficient (Wildman–Crippen LogP) is 1.92. The van der Waals surface area contributed by atoms with Gasteiger partial charge in [-0.05, 0) is 35.0 Å². The zero-order valence-electron chi connectivity index (χ0n) is 9.93. The third-order valence-electron chi connectivity index (χ3n) is 2.13. The van der Waals surface area contributed by atoms with Crippen LogP contribution >= 0.6 is 15.9 Å². The zero-order valence-corrected chi connectivity index (χ0v) is 11.5. The Morgan fingerprint density at radius 3 is 2.78 bits per heavy atom. The van der Waals surface area contributed by atoms with Crippen LogP contribution in [-0.2, 0) is 4.74 Å². The molecule has 100 valence electrons. The third-order valence-corrected chi connectivity index (χ3v) is 2.76. The van der Waals surface area contributed by atoms with Gasteiger partial charge < -0.3 is 19.7 Å². The lowest BCUT2D eigenvalue weighted by Crippen LogP contribution is -2.24. The normalized spacial score (nSPS) is 12.2. The molecule has 0 bridgehead atoms. The molecule has 0 saturated carbocycles. The van der Waals surface area contributed by atoms with E-state index in [1.165, 1.54) is 6.07 Å². The molecule has 1 aromatic carbocycles. The Bertz CT molecular complexity index is 407. The Balaban J connectivity index is 2.69. The molecular formula is C12H15BrO5. The summed E-state index contributed by atoms with van der Waals surface area (Å²) in [5.74, 6) is -0.869. The summed E-state index contributed by atoms with van der Waals surface area (Å²) < 4.78 is 10.9. The Morgan fingerprint density at radius 2 is 2.17 bits per heavy atom. The standard InChI is InChI=1S/C12H15BrO5/c1-2-17-6-8(14)7-18-11-9(12(15)16)4-3-5-10(11)13/h3-5,8,14H,2,6-7H2,1H3,(H,15,16). The maximum Gasteiger partial charge on any atom is 0.339 e. The van der Waals surface area contributed by atoms with Gasteiger partial charge in [-0.2, -0.15) is 0 Å². The van der Waals surface area contributed by atoms with Gasteiger partial charge in [-0.25, -0.2) is 4.79 Å². The van der Waals surface area contributed by atoms with E-state index >= 15 is 0 Å². The molecule has 1 unspecified atom stereocenters. The number of benzene rings is 1. The van der Waals surface area contributed by atoms with E-state index in [2.05, 4.69) is 15.9 Å². The summed E-state index contributed by atoms with van der Waals surface area (Å²) in [7, 11) is 0. The molecule has 2 N–H and O–H groups in total. The Kier molecular flexibility index (Phi) is 6.11. The van der Waals surface area contributed by atoms with E-state index in [1.54, 1.807) is 12.1 Å². The van der Waals surface area contributed by atoms with Gasteiger partial charge >= 0.3 is 5.97 Å². The number of aliphatic hydroxyl groups is 1. The van der Waals surface area contributed by atoms with Crippen LogP contribution in [-0.4, -0.2) is 42.1 Å². The van der Waals surface area contributed by atoms with Crippen LogP contribution in [0.3, 0.4) is 0 Å². The van der Waals surface area contributed by atoms with Crippen molar-refractivity contribution in [3.63, 3.8) is 0 Å². The summed E-state index contributed by atoms with van der Waals surface area (Å²) in [4.78, 5) is 11.0. The molecule has 0 fully saturated rings. The third kappa shape index (κ3) is 4.29. The number of ether oxygens (including phenoxy) is 2. The molecule has 0 aliphatic carbocycles. The van der Waals surface area contributed by atoms with Crippen LogP contribution in [0.4, 0.5) is 0 Å². The summed E-state index contributed by atoms with van der Waals surface area (Å²) in [5, 5.41) is 18.6. The van der Waals surface area contributed by atoms with Crippen molar-refractivity contribution in [1.82, 2.24) is 0 Å². The lowest BCUT2D eigenvalue weighted by Gasteiger charge is -2.14. The molecule has 6 heteroatoms. The number of halogens is 1. The van der Waals surface area contributed by atoms with E-state index < -0.39 is 12.1 Å². The molecule has 0 spiro atoms. The highest BCUT2D eigenvalue weighted by atomic mass is 79.9. The van der Waals surface area contributed by atoms with Gasteiger partial charge in [0.2, 0.25) is 0 Å². The van der Waals surface area contributed by atoms with Crippen molar-refractivity contribution in [2.75, 3.05) is 19.8 Å². The monoisotopic (exact) mass is 318 g/mol. The lowest BCUT2D eigenvalue weighted by molar-refractivity contribution is 0.0159. The molecule has 18 heavy (non-hydrogen) atoms. The molecule has 0 aromatic heterocycles. The molecule has 0 saturated heterocycles. The van der Waals surface area contributed by atoms with Crippen molar-refractivity contribution in [3.8, 4) is 5.75 Å². The summed E-state index contributed by atoms with van der Waals surface area (Å²) in [6.45, 7) is 2.46. The quantitative estimate of drug-likeness (QED) is 0.803. The summed E-state index contributed by atoms with van der Waals surface area (Å²) >= 11 is 3.22. The van der Waals surface area contributed by atoms with Crippen LogP contribution in [0.2, 0.25) is 0 Å². The van der Waals surface area contributed by atoms with Crippen LogP contribution in [0.1, 0.15) is 17.3 Å². The Labute approximate surface area is 113 Å². The van der Waals surface area contributed by atoms with Crippen LogP contribution < -0.4 is 4.74 Å². The number of hydrogen-bond acceptors (Lipinski definition) is 4. The maximum atomic E-state index is 11.0. The van der Waals surface area contributed by atoms with E-state index in [-0.39, 0.29) is 24.5 Å². The number of aromatic carboxylic acids is 1. The number of carbonyl (C=O) groups is 1. The minimum atomic E-state index is -1.08. The highest BCUT2D eigenvalue weighted by molar-refractivity contribution is 9.10. The molecule has 1 rings (SSSR count). The Morgan fingerprint density at radius 1 is 1.44 bits per heavy atom. The smallest absolute Gasteiger partial charge is 0.339 e. The number of carboxylic acid groups (broad SMARTS) is 1. The molecule has 0 aliphatic heterocycles. The summed E-state index contributed by atoms with van der Waals surface area (Å²) in [5.41, 5.74) is 0.0491. The van der Waals surface area contributed by atoms with Gasteiger partial charge in [0.05, 0.1) is 11.1 Å². The number of para-hydroxylation sites is 1. The molecule has 0 aliphatic rings. The van der Waals surface area contributed by atoms with E-state index in [9.17, 15) is 9.90 Å². The second kappa shape index (κ2) is 7.35. The number of aliphatic hydroxyl groups excluding tert-OH is 1. The lowest BCUT2D eigenvalue weighted by atomic mass is 10.2. The average molecular weight is 319 g/mol. The van der Waals surface area contributed by atoms with E-state index in [0.29, 0.717) is 11.1 Å². The number of hydrogen-bond donors (Lipinski definition) is 2. The van der Waals surface area contributed by atoms with Crippen LogP contribution in [0.5, 0.6) is 5.75 Å². The van der Waals surface area contributed by atoms with Crippen molar-refractivity contribution >= 4 is 21.9 Å². The van der Waals surface area contributed by atoms with Crippen molar-refractivity contribution in [1.29, 1.82) is 0 Å². The molecule has 0 heterocycles. The topological polar surface area (TPSA) is 76.0 Å². The molecule has 1 atom stereocenters. The first-order valence-electron chi connectivity index (χ1n) is 5.46. The van der Waals surface area contributed by atoms with Crippen molar-refractivity contribution in [2.24, 2.45) is 0 Å². The first kappa shape index (κ1) is 14.9. The van der Waals surface area contributed by atoms with Gasteiger partial charge in [0.15, 0.2) is 0 Å². The molecule has 0 radical (unpaired) electrons. The Hall–Kier alpha value is -1.11. The first-order chi connectivity index (χ1) is 8.56. The van der Waals surface area contributed by atoms with Crippen LogP contribution in [0.25, 0.3) is 0 Å². The van der Waals surface area contributed by atoms with Crippen molar-refractivity contribution in [3.05, 3.63) is 28.2 Å². The van der Waals surface area contributed by atoms with Crippen molar-refractivity contribution < 1.29 is 24.5 Å². The molecule has 1 aromatic rings. The van der Waals surface area contributed by atoms with E-state index in [4.69, 9.17) is 14.6 Å². The largest absolute Gasteiger partial charge is 0.489 e. The number of carboxylic acids is 1. The minimum absolute atomic E-state index is 0.0249. The average Bonchev–Trinajstić information content (AvgIpc) is 2.34. The fourth-order valence-electron chi connectivity index (χ4n) is 1.31. The second-order valence-electron chi connectivity index (χ2n) is 3.55.